The van der Waals surface area contributed by atoms with Gasteiger partial charge in [0.1, 0.15) is 30.5 Å². The summed E-state index contributed by atoms with van der Waals surface area (Å²) < 4.78 is 24.5. The third-order valence-corrected chi connectivity index (χ3v) is 6.44. The zero-order valence-corrected chi connectivity index (χ0v) is 22.1. The van der Waals surface area contributed by atoms with Crippen LogP contribution in [0, 0.1) is 0 Å². The number of carbonyl (C=O) groups is 1. The second-order valence-electron chi connectivity index (χ2n) is 8.77. The molecule has 0 spiro atoms. The molecule has 2 N–H and O–H groups in total. The van der Waals surface area contributed by atoms with Gasteiger partial charge in [0.05, 0.1) is 32.6 Å². The van der Waals surface area contributed by atoms with Crippen LogP contribution in [-0.2, 0) is 11.4 Å². The van der Waals surface area contributed by atoms with Crippen molar-refractivity contribution < 1.29 is 23.7 Å². The lowest BCUT2D eigenvalue weighted by Gasteiger charge is -2.30. The van der Waals surface area contributed by atoms with E-state index < -0.39 is 6.04 Å². The molecular weight excluding hydrogens is 498 g/mol. The van der Waals surface area contributed by atoms with Gasteiger partial charge in [-0.3, -0.25) is 4.79 Å². The Morgan fingerprint density at radius 3 is 2.51 bits per heavy atom. The number of benzene rings is 3. The smallest absolute Gasteiger partial charge is 0.255 e. The summed E-state index contributed by atoms with van der Waals surface area (Å²) in [5, 5.41) is 10.6. The molecule has 0 aliphatic carbocycles. The molecule has 0 bridgehead atoms. The maximum Gasteiger partial charge on any atom is 0.255 e. The predicted molar refractivity (Wildman–Crippen MR) is 146 cm³/mol. The number of hydrogen-bond acceptors (Lipinski definition) is 8. The molecule has 0 unspecified atom stereocenters. The Bertz CT molecular complexity index is 1520. The number of anilines is 2. The lowest BCUT2D eigenvalue weighted by Crippen LogP contribution is -2.32. The van der Waals surface area contributed by atoms with Crippen LogP contribution in [0.25, 0.3) is 0 Å². The lowest BCUT2D eigenvalue weighted by molar-refractivity contribution is -0.113. The second-order valence-corrected chi connectivity index (χ2v) is 8.77. The van der Waals surface area contributed by atoms with Gasteiger partial charge in [-0.15, -0.1) is 0 Å². The van der Waals surface area contributed by atoms with Gasteiger partial charge in [-0.1, -0.05) is 42.5 Å². The lowest BCUT2D eigenvalue weighted by atomic mass is 9.93. The van der Waals surface area contributed by atoms with Gasteiger partial charge in [-0.2, -0.15) is 10.1 Å². The van der Waals surface area contributed by atoms with Crippen LogP contribution in [0.3, 0.4) is 0 Å². The molecule has 200 valence electrons. The number of hydrogen-bond donors (Lipinski definition) is 2. The summed E-state index contributed by atoms with van der Waals surface area (Å²) in [6.45, 7) is 2.14. The van der Waals surface area contributed by atoms with Gasteiger partial charge in [0.15, 0.2) is 11.5 Å². The van der Waals surface area contributed by atoms with Crippen LogP contribution >= 0.6 is 0 Å². The highest BCUT2D eigenvalue weighted by Gasteiger charge is 2.36. The minimum absolute atomic E-state index is 0.314. The van der Waals surface area contributed by atoms with E-state index in [1.807, 2.05) is 55.5 Å². The summed E-state index contributed by atoms with van der Waals surface area (Å²) in [5.74, 6) is 2.28. The quantitative estimate of drug-likeness (QED) is 0.319. The van der Waals surface area contributed by atoms with E-state index in [0.717, 1.165) is 5.56 Å². The Kier molecular flexibility index (Phi) is 7.35. The van der Waals surface area contributed by atoms with Crippen molar-refractivity contribution in [1.82, 2.24) is 14.8 Å². The Morgan fingerprint density at radius 2 is 1.77 bits per heavy atom. The number of ether oxygens (including phenoxy) is 4. The Balaban J connectivity index is 1.58. The fourth-order valence-electron chi connectivity index (χ4n) is 4.57. The van der Waals surface area contributed by atoms with Crippen LogP contribution in [0.15, 0.2) is 84.3 Å². The van der Waals surface area contributed by atoms with E-state index in [1.165, 1.54) is 6.33 Å². The van der Waals surface area contributed by atoms with Gasteiger partial charge in [-0.25, -0.2) is 4.68 Å². The summed E-state index contributed by atoms with van der Waals surface area (Å²) in [6.07, 6.45) is 1.44. The fraction of sp³-hybridized carbons (Fsp3) is 0.207. The van der Waals surface area contributed by atoms with Crippen molar-refractivity contribution in [2.24, 2.45) is 0 Å². The molecule has 3 aromatic carbocycles. The van der Waals surface area contributed by atoms with Gasteiger partial charge >= 0.3 is 0 Å². The maximum absolute atomic E-state index is 14.0. The van der Waals surface area contributed by atoms with Crippen LogP contribution < -0.4 is 29.6 Å². The average Bonchev–Trinajstić information content (AvgIpc) is 3.43. The summed E-state index contributed by atoms with van der Waals surface area (Å²) in [4.78, 5) is 18.3. The number of nitrogens with zero attached hydrogens (tertiary/aromatic N) is 3. The molecular formula is C29H29N5O5. The number of aromatic nitrogens is 3. The maximum atomic E-state index is 14.0. The summed E-state index contributed by atoms with van der Waals surface area (Å²) in [7, 11) is 4.69. The fourth-order valence-corrected chi connectivity index (χ4v) is 4.57. The third-order valence-electron chi connectivity index (χ3n) is 6.44. The molecule has 10 heteroatoms. The molecule has 1 aliphatic rings. The van der Waals surface area contributed by atoms with Crippen LogP contribution in [-0.4, -0.2) is 42.0 Å². The molecule has 0 saturated heterocycles. The monoisotopic (exact) mass is 527 g/mol. The zero-order chi connectivity index (χ0) is 27.4. The number of para-hydroxylation sites is 1. The van der Waals surface area contributed by atoms with Crippen molar-refractivity contribution >= 4 is 17.5 Å². The van der Waals surface area contributed by atoms with Crippen molar-refractivity contribution in [3.8, 4) is 23.0 Å². The summed E-state index contributed by atoms with van der Waals surface area (Å²) in [6, 6.07) is 20.0. The first-order valence-corrected chi connectivity index (χ1v) is 12.3. The molecule has 2 heterocycles. The number of nitrogens with one attached hydrogen (secondary N) is 2. The molecule has 1 aromatic heterocycles. The van der Waals surface area contributed by atoms with Crippen molar-refractivity contribution in [1.29, 1.82) is 0 Å². The highest BCUT2D eigenvalue weighted by molar-refractivity contribution is 6.07. The van der Waals surface area contributed by atoms with E-state index in [-0.39, 0.29) is 5.91 Å². The number of carbonyl (C=O) groups excluding carboxylic acids is 1. The van der Waals surface area contributed by atoms with Crippen molar-refractivity contribution in [2.75, 3.05) is 32.0 Å². The van der Waals surface area contributed by atoms with Gasteiger partial charge < -0.3 is 29.6 Å². The normalized spacial score (nSPS) is 14.2. The van der Waals surface area contributed by atoms with E-state index >= 15 is 0 Å². The molecule has 39 heavy (non-hydrogen) atoms. The Morgan fingerprint density at radius 1 is 0.974 bits per heavy atom. The van der Waals surface area contributed by atoms with Crippen molar-refractivity contribution in [3.05, 3.63) is 95.5 Å². The number of allylic oxidation sites excluding steroid dienone is 1. The number of methoxy groups -OCH3 is 3. The molecule has 0 saturated carbocycles. The first kappa shape index (κ1) is 25.7. The minimum Gasteiger partial charge on any atom is -0.497 e. The van der Waals surface area contributed by atoms with Crippen LogP contribution in [0.1, 0.15) is 24.1 Å². The average molecular weight is 528 g/mol. The SMILES string of the molecule is COc1ccc(OC)c(NC(=O)C2=C(C)Nc3ncnn3[C@@H]2c2cccc(OC)c2OCc2ccccc2)c1. The van der Waals surface area contributed by atoms with Crippen LogP contribution in [0.4, 0.5) is 11.6 Å². The first-order valence-electron chi connectivity index (χ1n) is 12.3. The van der Waals surface area contributed by atoms with Crippen LogP contribution in [0.2, 0.25) is 0 Å². The number of amides is 1. The Hall–Kier alpha value is -4.99. The zero-order valence-electron chi connectivity index (χ0n) is 22.1. The standard InChI is InChI=1S/C29H29N5O5/c1-18-25(28(35)33-22-15-20(36-2)13-14-23(22)37-3)26(34-29(32-18)30-17-31-34)21-11-8-12-24(38-4)27(21)39-16-19-9-6-5-7-10-19/h5-15,17,26H,16H2,1-4H3,(H,33,35)(H,30,31,32)/t26-/m1/s1. The molecule has 1 aliphatic heterocycles. The number of rotatable bonds is 9. The van der Waals surface area contributed by atoms with Gasteiger partial charge in [0.2, 0.25) is 5.95 Å². The van der Waals surface area contributed by atoms with Crippen molar-refractivity contribution in [2.45, 2.75) is 19.6 Å². The van der Waals surface area contributed by atoms with E-state index in [4.69, 9.17) is 18.9 Å². The highest BCUT2D eigenvalue weighted by atomic mass is 16.5. The molecule has 1 atom stereocenters. The first-order chi connectivity index (χ1) is 19.0. The molecule has 4 aromatic rings. The molecule has 1 amide bonds. The van der Waals surface area contributed by atoms with E-state index in [0.29, 0.717) is 58.1 Å². The Labute approximate surface area is 226 Å². The minimum atomic E-state index is -0.666. The summed E-state index contributed by atoms with van der Waals surface area (Å²) in [5.41, 5.74) is 3.21. The van der Waals surface area contributed by atoms with Crippen LogP contribution in [0.5, 0.6) is 23.0 Å². The van der Waals surface area contributed by atoms with E-state index in [9.17, 15) is 4.79 Å². The predicted octanol–water partition coefficient (Wildman–Crippen LogP) is 4.81. The molecule has 0 radical (unpaired) electrons. The van der Waals surface area contributed by atoms with Gasteiger partial charge in [0.25, 0.3) is 5.91 Å². The third kappa shape index (κ3) is 5.08. The van der Waals surface area contributed by atoms with E-state index in [2.05, 4.69) is 20.7 Å². The van der Waals surface area contributed by atoms with Gasteiger partial charge in [-0.05, 0) is 30.7 Å². The topological polar surface area (TPSA) is 109 Å². The highest BCUT2D eigenvalue weighted by Crippen LogP contribution is 2.43. The molecule has 0 fully saturated rings. The van der Waals surface area contributed by atoms with E-state index in [1.54, 1.807) is 44.2 Å². The number of fused-ring (bicyclic) bond motifs is 1. The molecule has 5 rings (SSSR count). The summed E-state index contributed by atoms with van der Waals surface area (Å²) >= 11 is 0. The van der Waals surface area contributed by atoms with Crippen molar-refractivity contribution in [3.63, 3.8) is 0 Å². The van der Waals surface area contributed by atoms with Gasteiger partial charge in [0, 0.05) is 17.3 Å². The second kappa shape index (κ2) is 11.2. The largest absolute Gasteiger partial charge is 0.497 e. The molecule has 10 nitrogen and oxygen atoms in total.